The summed E-state index contributed by atoms with van der Waals surface area (Å²) in [5.74, 6) is -1.82. The van der Waals surface area contributed by atoms with Gasteiger partial charge in [0.05, 0.1) is 15.7 Å². The molecule has 0 spiro atoms. The van der Waals surface area contributed by atoms with Gasteiger partial charge in [-0.15, -0.1) is 0 Å². The van der Waals surface area contributed by atoms with Crippen LogP contribution < -0.4 is 5.32 Å². The van der Waals surface area contributed by atoms with Gasteiger partial charge in [-0.1, -0.05) is 23.7 Å². The number of carbonyl (C=O) groups is 1. The van der Waals surface area contributed by atoms with Gasteiger partial charge < -0.3 is 10.4 Å². The molecule has 0 radical (unpaired) electrons. The summed E-state index contributed by atoms with van der Waals surface area (Å²) < 4.78 is 14.1. The van der Waals surface area contributed by atoms with Crippen molar-refractivity contribution in [1.29, 1.82) is 0 Å². The minimum Gasteiger partial charge on any atom is -0.478 e. The summed E-state index contributed by atoms with van der Waals surface area (Å²) in [5.41, 5.74) is 1.01. The van der Waals surface area contributed by atoms with Crippen molar-refractivity contribution in [1.82, 2.24) is 0 Å². The number of hydrogen-bond donors (Lipinski definition) is 2. The van der Waals surface area contributed by atoms with Crippen molar-refractivity contribution in [2.45, 2.75) is 13.0 Å². The zero-order chi connectivity index (χ0) is 15.6. The van der Waals surface area contributed by atoms with Crippen molar-refractivity contribution in [3.63, 3.8) is 0 Å². The standard InChI is InChI=1S/C15H12BrClFNO2/c1-8(9-3-2-4-10(17)7-9)19-12-6-5-11(15(20)21)13(16)14(12)18/h2-8,19H,1H3,(H,20,21). The lowest BCUT2D eigenvalue weighted by atomic mass is 10.1. The molecule has 0 heterocycles. The highest BCUT2D eigenvalue weighted by Gasteiger charge is 2.17. The Balaban J connectivity index is 2.28. The summed E-state index contributed by atoms with van der Waals surface area (Å²) in [4.78, 5) is 10.9. The number of halogens is 3. The van der Waals surface area contributed by atoms with E-state index in [4.69, 9.17) is 16.7 Å². The van der Waals surface area contributed by atoms with Crippen LogP contribution in [0.2, 0.25) is 5.02 Å². The molecule has 1 unspecified atom stereocenters. The molecule has 0 bridgehead atoms. The molecule has 2 aromatic rings. The van der Waals surface area contributed by atoms with Gasteiger partial charge in [0.25, 0.3) is 0 Å². The first-order valence-electron chi connectivity index (χ1n) is 6.13. The van der Waals surface area contributed by atoms with Gasteiger partial charge in [0.1, 0.15) is 0 Å². The summed E-state index contributed by atoms with van der Waals surface area (Å²) in [7, 11) is 0. The Labute approximate surface area is 134 Å². The topological polar surface area (TPSA) is 49.3 Å². The molecule has 3 nitrogen and oxygen atoms in total. The Hall–Kier alpha value is -1.59. The molecule has 0 fully saturated rings. The minimum absolute atomic E-state index is 0.0710. The molecule has 0 aliphatic rings. The maximum absolute atomic E-state index is 14.2. The monoisotopic (exact) mass is 371 g/mol. The molecule has 0 aromatic heterocycles. The van der Waals surface area contributed by atoms with Gasteiger partial charge >= 0.3 is 5.97 Å². The summed E-state index contributed by atoms with van der Waals surface area (Å²) in [6.07, 6.45) is 0. The summed E-state index contributed by atoms with van der Waals surface area (Å²) in [6, 6.07) is 9.82. The van der Waals surface area contributed by atoms with Crippen molar-refractivity contribution < 1.29 is 14.3 Å². The molecule has 0 saturated heterocycles. The van der Waals surface area contributed by atoms with Crippen molar-refractivity contribution in [2.24, 2.45) is 0 Å². The Morgan fingerprint density at radius 2 is 2.10 bits per heavy atom. The number of aromatic carboxylic acids is 1. The Bertz CT molecular complexity index is 693. The lowest BCUT2D eigenvalue weighted by molar-refractivity contribution is 0.0695. The van der Waals surface area contributed by atoms with Crippen LogP contribution in [0.1, 0.15) is 28.9 Å². The third kappa shape index (κ3) is 3.54. The van der Waals surface area contributed by atoms with E-state index in [0.29, 0.717) is 5.02 Å². The van der Waals surface area contributed by atoms with Gasteiger partial charge in [-0.2, -0.15) is 0 Å². The molecule has 6 heteroatoms. The van der Waals surface area contributed by atoms with E-state index in [0.717, 1.165) is 5.56 Å². The highest BCUT2D eigenvalue weighted by atomic mass is 79.9. The van der Waals surface area contributed by atoms with Crippen LogP contribution in [0.4, 0.5) is 10.1 Å². The molecule has 110 valence electrons. The Morgan fingerprint density at radius 3 is 2.71 bits per heavy atom. The first-order valence-corrected chi connectivity index (χ1v) is 7.30. The van der Waals surface area contributed by atoms with Gasteiger partial charge in [-0.3, -0.25) is 0 Å². The first kappa shape index (κ1) is 15.8. The fourth-order valence-electron chi connectivity index (χ4n) is 1.92. The average Bonchev–Trinajstić information content (AvgIpc) is 2.43. The normalized spacial score (nSPS) is 12.0. The van der Waals surface area contributed by atoms with Crippen LogP contribution in [0.3, 0.4) is 0 Å². The van der Waals surface area contributed by atoms with E-state index in [9.17, 15) is 9.18 Å². The van der Waals surface area contributed by atoms with Crippen LogP contribution in [0.5, 0.6) is 0 Å². The van der Waals surface area contributed by atoms with Gasteiger partial charge in [-0.05, 0) is 52.7 Å². The van der Waals surface area contributed by atoms with Crippen LogP contribution in [-0.2, 0) is 0 Å². The fraction of sp³-hybridized carbons (Fsp3) is 0.133. The molecule has 0 amide bonds. The minimum atomic E-state index is -1.18. The molecule has 2 N–H and O–H groups in total. The van der Waals surface area contributed by atoms with Crippen LogP contribution >= 0.6 is 27.5 Å². The number of hydrogen-bond acceptors (Lipinski definition) is 2. The van der Waals surface area contributed by atoms with Crippen molar-refractivity contribution in [3.8, 4) is 0 Å². The maximum atomic E-state index is 14.2. The maximum Gasteiger partial charge on any atom is 0.336 e. The summed E-state index contributed by atoms with van der Waals surface area (Å²) >= 11 is 8.90. The first-order chi connectivity index (χ1) is 9.90. The average molecular weight is 373 g/mol. The molecule has 2 aromatic carbocycles. The van der Waals surface area contributed by atoms with Crippen molar-refractivity contribution >= 4 is 39.2 Å². The lowest BCUT2D eigenvalue weighted by Crippen LogP contribution is -2.09. The molecule has 2 rings (SSSR count). The molecule has 0 aliphatic heterocycles. The second-order valence-electron chi connectivity index (χ2n) is 4.51. The van der Waals surface area contributed by atoms with E-state index < -0.39 is 11.8 Å². The van der Waals surface area contributed by atoms with Crippen LogP contribution in [-0.4, -0.2) is 11.1 Å². The third-order valence-corrected chi connectivity index (χ3v) is 4.04. The quantitative estimate of drug-likeness (QED) is 0.784. The second kappa shape index (κ2) is 6.45. The Morgan fingerprint density at radius 1 is 1.38 bits per heavy atom. The number of carboxylic acids is 1. The number of rotatable bonds is 4. The van der Waals surface area contributed by atoms with E-state index in [2.05, 4.69) is 21.2 Å². The van der Waals surface area contributed by atoms with Gasteiger partial charge in [-0.25, -0.2) is 9.18 Å². The molecule has 0 saturated carbocycles. The lowest BCUT2D eigenvalue weighted by Gasteiger charge is -2.17. The Kier molecular flexibility index (Phi) is 4.85. The van der Waals surface area contributed by atoms with E-state index in [1.165, 1.54) is 12.1 Å². The zero-order valence-corrected chi connectivity index (χ0v) is 13.4. The smallest absolute Gasteiger partial charge is 0.336 e. The molecule has 0 aliphatic carbocycles. The largest absolute Gasteiger partial charge is 0.478 e. The van der Waals surface area contributed by atoms with Crippen molar-refractivity contribution in [2.75, 3.05) is 5.32 Å². The second-order valence-corrected chi connectivity index (χ2v) is 5.74. The van der Waals surface area contributed by atoms with E-state index >= 15 is 0 Å². The summed E-state index contributed by atoms with van der Waals surface area (Å²) in [6.45, 7) is 1.87. The number of benzene rings is 2. The highest BCUT2D eigenvalue weighted by Crippen LogP contribution is 2.30. The van der Waals surface area contributed by atoms with E-state index in [-0.39, 0.29) is 21.8 Å². The highest BCUT2D eigenvalue weighted by molar-refractivity contribution is 9.10. The van der Waals surface area contributed by atoms with Crippen LogP contribution in [0.25, 0.3) is 0 Å². The van der Waals surface area contributed by atoms with Crippen LogP contribution in [0.15, 0.2) is 40.9 Å². The van der Waals surface area contributed by atoms with Crippen LogP contribution in [0, 0.1) is 5.82 Å². The molecular weight excluding hydrogens is 361 g/mol. The third-order valence-electron chi connectivity index (χ3n) is 3.03. The van der Waals surface area contributed by atoms with Gasteiger partial charge in [0.15, 0.2) is 5.82 Å². The molecule has 1 atom stereocenters. The fourth-order valence-corrected chi connectivity index (χ4v) is 2.63. The summed E-state index contributed by atoms with van der Waals surface area (Å²) in [5, 5.41) is 12.5. The predicted molar refractivity (Wildman–Crippen MR) is 84.5 cm³/mol. The molecular formula is C15H12BrClFNO2. The van der Waals surface area contributed by atoms with E-state index in [1.54, 1.807) is 12.1 Å². The number of nitrogens with one attached hydrogen (secondary N) is 1. The SMILES string of the molecule is CC(Nc1ccc(C(=O)O)c(Br)c1F)c1cccc(Cl)c1. The van der Waals surface area contributed by atoms with Crippen molar-refractivity contribution in [3.05, 3.63) is 62.8 Å². The number of anilines is 1. The van der Waals surface area contributed by atoms with Gasteiger partial charge in [0, 0.05) is 11.1 Å². The zero-order valence-electron chi connectivity index (χ0n) is 11.0. The van der Waals surface area contributed by atoms with Gasteiger partial charge in [0.2, 0.25) is 0 Å². The molecule has 21 heavy (non-hydrogen) atoms. The number of carboxylic acid groups (broad SMARTS) is 1. The predicted octanol–water partition coefficient (Wildman–Crippen LogP) is 5.11. The van der Waals surface area contributed by atoms with E-state index in [1.807, 2.05) is 19.1 Å².